The first-order valence-electron chi connectivity index (χ1n) is 10.1. The average molecular weight is 409 g/mol. The number of anilines is 1. The van der Waals surface area contributed by atoms with Crippen molar-refractivity contribution in [2.24, 2.45) is 0 Å². The van der Waals surface area contributed by atoms with Crippen LogP contribution in [0.1, 0.15) is 49.5 Å². The monoisotopic (exact) mass is 409 g/mol. The van der Waals surface area contributed by atoms with Gasteiger partial charge in [0.15, 0.2) is 19.0 Å². The van der Waals surface area contributed by atoms with Gasteiger partial charge in [-0.1, -0.05) is 32.9 Å². The molecule has 3 rings (SSSR count). The van der Waals surface area contributed by atoms with Crippen LogP contribution in [0.5, 0.6) is 5.75 Å². The van der Waals surface area contributed by atoms with E-state index in [2.05, 4.69) is 20.8 Å². The number of ketones is 1. The van der Waals surface area contributed by atoms with E-state index in [1.807, 2.05) is 24.3 Å². The van der Waals surface area contributed by atoms with Crippen LogP contribution in [0.25, 0.3) is 0 Å². The third-order valence-electron chi connectivity index (χ3n) is 5.02. The molecule has 2 aromatic rings. The molecule has 1 aliphatic rings. The zero-order chi connectivity index (χ0) is 21.7. The van der Waals surface area contributed by atoms with Crippen molar-refractivity contribution in [3.63, 3.8) is 0 Å². The lowest BCUT2D eigenvalue weighted by Gasteiger charge is -2.19. The first-order valence-corrected chi connectivity index (χ1v) is 10.1. The highest BCUT2D eigenvalue weighted by molar-refractivity contribution is 5.99. The summed E-state index contributed by atoms with van der Waals surface area (Å²) in [7, 11) is 0. The highest BCUT2D eigenvalue weighted by atomic mass is 16.6. The van der Waals surface area contributed by atoms with E-state index in [9.17, 15) is 14.4 Å². The quantitative estimate of drug-likeness (QED) is 0.512. The molecule has 6 nitrogen and oxygen atoms in total. The van der Waals surface area contributed by atoms with Crippen LogP contribution in [-0.2, 0) is 19.7 Å². The number of ether oxygens (including phenoxy) is 2. The van der Waals surface area contributed by atoms with Crippen molar-refractivity contribution >= 4 is 23.3 Å². The lowest BCUT2D eigenvalue weighted by atomic mass is 9.87. The molecule has 0 aromatic heterocycles. The van der Waals surface area contributed by atoms with E-state index in [-0.39, 0.29) is 30.3 Å². The van der Waals surface area contributed by atoms with E-state index in [4.69, 9.17) is 9.47 Å². The highest BCUT2D eigenvalue weighted by Crippen LogP contribution is 2.24. The van der Waals surface area contributed by atoms with Gasteiger partial charge < -0.3 is 14.4 Å². The topological polar surface area (TPSA) is 72.9 Å². The molecule has 30 heavy (non-hydrogen) atoms. The third-order valence-corrected chi connectivity index (χ3v) is 5.02. The van der Waals surface area contributed by atoms with Crippen molar-refractivity contribution in [2.45, 2.75) is 39.0 Å². The molecule has 0 unspecified atom stereocenters. The van der Waals surface area contributed by atoms with Gasteiger partial charge in [-0.2, -0.15) is 0 Å². The standard InChI is InChI=1S/C24H27NO5/c1-24(2,3)18-8-12-20(13-9-18)29-16-23(28)30-15-21(26)17-6-10-19(11-7-17)25-14-4-5-22(25)27/h6-13H,4-5,14-16H2,1-3H3. The largest absolute Gasteiger partial charge is 0.482 e. The van der Waals surface area contributed by atoms with Crippen LogP contribution in [0.2, 0.25) is 0 Å². The summed E-state index contributed by atoms with van der Waals surface area (Å²) in [4.78, 5) is 37.6. The van der Waals surface area contributed by atoms with Gasteiger partial charge in [0.05, 0.1) is 0 Å². The van der Waals surface area contributed by atoms with Crippen LogP contribution in [0.4, 0.5) is 5.69 Å². The fraction of sp³-hybridized carbons (Fsp3) is 0.375. The number of Topliss-reactive ketones (excluding diaryl/α,β-unsaturated/α-hetero) is 1. The SMILES string of the molecule is CC(C)(C)c1ccc(OCC(=O)OCC(=O)c2ccc(N3CCCC3=O)cc2)cc1. The van der Waals surface area contributed by atoms with Crippen LogP contribution >= 0.6 is 0 Å². The van der Waals surface area contributed by atoms with E-state index in [0.717, 1.165) is 12.1 Å². The third kappa shape index (κ3) is 5.47. The number of amides is 1. The van der Waals surface area contributed by atoms with Gasteiger partial charge in [-0.15, -0.1) is 0 Å². The van der Waals surface area contributed by atoms with Crippen molar-refractivity contribution in [3.05, 3.63) is 59.7 Å². The van der Waals surface area contributed by atoms with Gasteiger partial charge in [0.2, 0.25) is 5.91 Å². The van der Waals surface area contributed by atoms with Gasteiger partial charge in [0, 0.05) is 24.2 Å². The Labute approximate surface area is 176 Å². The van der Waals surface area contributed by atoms with Crippen molar-refractivity contribution in [1.29, 1.82) is 0 Å². The number of rotatable bonds is 7. The van der Waals surface area contributed by atoms with Crippen LogP contribution < -0.4 is 9.64 Å². The van der Waals surface area contributed by atoms with E-state index >= 15 is 0 Å². The molecule has 0 radical (unpaired) electrons. The zero-order valence-electron chi connectivity index (χ0n) is 17.6. The minimum absolute atomic E-state index is 0.0417. The summed E-state index contributed by atoms with van der Waals surface area (Å²) >= 11 is 0. The number of benzene rings is 2. The molecule has 1 fully saturated rings. The first-order chi connectivity index (χ1) is 14.2. The molecule has 1 heterocycles. The van der Waals surface area contributed by atoms with Crippen LogP contribution in [0, 0.1) is 0 Å². The van der Waals surface area contributed by atoms with Crippen LogP contribution in [0.3, 0.4) is 0 Å². The molecule has 1 aliphatic heterocycles. The predicted molar refractivity (Wildman–Crippen MR) is 114 cm³/mol. The Hall–Kier alpha value is -3.15. The Morgan fingerprint density at radius 2 is 1.63 bits per heavy atom. The Balaban J connectivity index is 1.45. The lowest BCUT2D eigenvalue weighted by molar-refractivity contribution is -0.144. The molecule has 0 aliphatic carbocycles. The van der Waals surface area contributed by atoms with Crippen molar-refractivity contribution in [2.75, 3.05) is 24.7 Å². The minimum atomic E-state index is -0.609. The van der Waals surface area contributed by atoms with E-state index in [1.54, 1.807) is 29.2 Å². The second-order valence-corrected chi connectivity index (χ2v) is 8.34. The first kappa shape index (κ1) is 21.6. The number of nitrogens with zero attached hydrogens (tertiary/aromatic N) is 1. The molecule has 1 amide bonds. The summed E-state index contributed by atoms with van der Waals surface area (Å²) < 4.78 is 10.5. The molecule has 6 heteroatoms. The summed E-state index contributed by atoms with van der Waals surface area (Å²) in [5.74, 6) is -0.255. The molecular formula is C24H27NO5. The Morgan fingerprint density at radius 3 is 2.20 bits per heavy atom. The summed E-state index contributed by atoms with van der Waals surface area (Å²) in [5.41, 5.74) is 2.41. The van der Waals surface area contributed by atoms with E-state index in [1.165, 1.54) is 5.56 Å². The minimum Gasteiger partial charge on any atom is -0.482 e. The summed E-state index contributed by atoms with van der Waals surface area (Å²) in [5, 5.41) is 0. The van der Waals surface area contributed by atoms with Crippen LogP contribution in [-0.4, -0.2) is 37.4 Å². The zero-order valence-corrected chi connectivity index (χ0v) is 17.6. The number of carbonyl (C=O) groups excluding carboxylic acids is 3. The Morgan fingerprint density at radius 1 is 0.967 bits per heavy atom. The Bertz CT molecular complexity index is 910. The van der Waals surface area contributed by atoms with Gasteiger partial charge in [-0.05, 0) is 53.8 Å². The molecular weight excluding hydrogens is 382 g/mol. The van der Waals surface area contributed by atoms with Crippen molar-refractivity contribution in [1.82, 2.24) is 0 Å². The molecule has 158 valence electrons. The normalized spacial score (nSPS) is 14.0. The second kappa shape index (κ2) is 9.11. The maximum Gasteiger partial charge on any atom is 0.344 e. The fourth-order valence-corrected chi connectivity index (χ4v) is 3.21. The maximum absolute atomic E-state index is 12.3. The number of carbonyl (C=O) groups is 3. The number of hydrogen-bond acceptors (Lipinski definition) is 5. The maximum atomic E-state index is 12.3. The van der Waals surface area contributed by atoms with Gasteiger partial charge in [-0.25, -0.2) is 4.79 Å². The summed E-state index contributed by atoms with van der Waals surface area (Å²) in [6, 6.07) is 14.3. The number of esters is 1. The van der Waals surface area contributed by atoms with Gasteiger partial charge in [-0.3, -0.25) is 9.59 Å². The van der Waals surface area contributed by atoms with Crippen molar-refractivity contribution < 1.29 is 23.9 Å². The highest BCUT2D eigenvalue weighted by Gasteiger charge is 2.22. The molecule has 0 bridgehead atoms. The van der Waals surface area contributed by atoms with Crippen LogP contribution in [0.15, 0.2) is 48.5 Å². The molecule has 0 spiro atoms. The van der Waals surface area contributed by atoms with Gasteiger partial charge in [0.1, 0.15) is 5.75 Å². The summed E-state index contributed by atoms with van der Waals surface area (Å²) in [6.07, 6.45) is 1.40. The van der Waals surface area contributed by atoms with Gasteiger partial charge in [0.25, 0.3) is 0 Å². The average Bonchev–Trinajstić information content (AvgIpc) is 3.16. The van der Waals surface area contributed by atoms with E-state index in [0.29, 0.717) is 24.3 Å². The lowest BCUT2D eigenvalue weighted by Crippen LogP contribution is -2.23. The van der Waals surface area contributed by atoms with Crippen molar-refractivity contribution in [3.8, 4) is 5.75 Å². The molecule has 0 saturated carbocycles. The molecule has 1 saturated heterocycles. The molecule has 0 atom stereocenters. The van der Waals surface area contributed by atoms with Gasteiger partial charge >= 0.3 is 5.97 Å². The second-order valence-electron chi connectivity index (χ2n) is 8.34. The van der Waals surface area contributed by atoms with E-state index < -0.39 is 5.97 Å². The molecule has 0 N–H and O–H groups in total. The fourth-order valence-electron chi connectivity index (χ4n) is 3.21. The predicted octanol–water partition coefficient (Wildman–Crippen LogP) is 3.92. The number of hydrogen-bond donors (Lipinski definition) is 0. The summed E-state index contributed by atoms with van der Waals surface area (Å²) in [6.45, 7) is 6.44. The molecule has 2 aromatic carbocycles. The Kier molecular flexibility index (Phi) is 6.55. The smallest absolute Gasteiger partial charge is 0.344 e.